The van der Waals surface area contributed by atoms with Crippen LogP contribution in [0.1, 0.15) is 56.8 Å². The average Bonchev–Trinajstić information content (AvgIpc) is 2.66. The number of nitrogens with one attached hydrogen (secondary N) is 2. The minimum atomic E-state index is -1.02. The number of carboxylic acids is 1. The van der Waals surface area contributed by atoms with Crippen molar-refractivity contribution in [3.8, 4) is 0 Å². The number of nitrogens with zero attached hydrogens (tertiary/aromatic N) is 1. The van der Waals surface area contributed by atoms with Crippen molar-refractivity contribution in [2.24, 2.45) is 5.41 Å². The van der Waals surface area contributed by atoms with E-state index in [9.17, 15) is 14.4 Å². The van der Waals surface area contributed by atoms with Crippen molar-refractivity contribution >= 4 is 28.7 Å². The number of aromatic nitrogens is 1. The van der Waals surface area contributed by atoms with Crippen molar-refractivity contribution in [2.75, 3.05) is 6.54 Å². The highest BCUT2D eigenvalue weighted by Crippen LogP contribution is 2.19. The number of carbonyl (C=O) groups excluding carboxylic acids is 2. The Balaban J connectivity index is 2.02. The van der Waals surface area contributed by atoms with Crippen LogP contribution in [0.5, 0.6) is 0 Å². The molecule has 1 atom stereocenters. The number of aliphatic carboxylic acids is 1. The first-order chi connectivity index (χ1) is 13.7. The standard InChI is InChI=1S/C22H29N3O4/c1-22(2,3)11-6-12-23-21(29)18(9-10-19(26)27)25-20(28)16-13-15-7-4-5-8-17(15)24-14-16/h4-5,7-8,13-14,18H,6,9-12H2,1-3H3,(H,23,29)(H,25,28)(H,26,27). The van der Waals surface area contributed by atoms with E-state index in [1.54, 1.807) is 6.07 Å². The number of rotatable bonds is 9. The Bertz CT molecular complexity index is 874. The van der Waals surface area contributed by atoms with Crippen molar-refractivity contribution in [1.82, 2.24) is 15.6 Å². The predicted molar refractivity (Wildman–Crippen MR) is 112 cm³/mol. The first kappa shape index (κ1) is 22.3. The summed E-state index contributed by atoms with van der Waals surface area (Å²) in [6.07, 6.45) is 3.02. The van der Waals surface area contributed by atoms with Gasteiger partial charge in [-0.15, -0.1) is 0 Å². The van der Waals surface area contributed by atoms with Gasteiger partial charge in [-0.2, -0.15) is 0 Å². The molecule has 7 nitrogen and oxygen atoms in total. The average molecular weight is 399 g/mol. The summed E-state index contributed by atoms with van der Waals surface area (Å²) in [6.45, 7) is 6.86. The molecule has 0 aliphatic carbocycles. The minimum absolute atomic E-state index is 0.0210. The molecule has 0 saturated heterocycles. The molecule has 0 aliphatic rings. The number of pyridine rings is 1. The smallest absolute Gasteiger partial charge is 0.303 e. The highest BCUT2D eigenvalue weighted by molar-refractivity contribution is 5.99. The van der Waals surface area contributed by atoms with Gasteiger partial charge in [-0.1, -0.05) is 39.0 Å². The van der Waals surface area contributed by atoms with E-state index in [1.165, 1.54) is 6.20 Å². The molecule has 29 heavy (non-hydrogen) atoms. The molecular weight excluding hydrogens is 370 g/mol. The quantitative estimate of drug-likeness (QED) is 0.561. The summed E-state index contributed by atoms with van der Waals surface area (Å²) >= 11 is 0. The van der Waals surface area contributed by atoms with Crippen LogP contribution in [0.3, 0.4) is 0 Å². The minimum Gasteiger partial charge on any atom is -0.481 e. The zero-order chi connectivity index (χ0) is 21.4. The van der Waals surface area contributed by atoms with Crippen LogP contribution in [0.2, 0.25) is 0 Å². The maximum absolute atomic E-state index is 12.6. The molecule has 0 fully saturated rings. The van der Waals surface area contributed by atoms with E-state index in [0.29, 0.717) is 12.1 Å². The van der Waals surface area contributed by atoms with Crippen LogP contribution in [-0.2, 0) is 9.59 Å². The summed E-state index contributed by atoms with van der Waals surface area (Å²) < 4.78 is 0. The number of amides is 2. The number of benzene rings is 1. The van der Waals surface area contributed by atoms with Gasteiger partial charge in [0.25, 0.3) is 5.91 Å². The van der Waals surface area contributed by atoms with E-state index in [-0.39, 0.29) is 24.2 Å². The second kappa shape index (κ2) is 10.0. The lowest BCUT2D eigenvalue weighted by Gasteiger charge is -2.20. The lowest BCUT2D eigenvalue weighted by Crippen LogP contribution is -2.47. The summed E-state index contributed by atoms with van der Waals surface area (Å²) in [5, 5.41) is 15.2. The molecule has 2 aromatic rings. The predicted octanol–water partition coefficient (Wildman–Crippen LogP) is 3.14. The lowest BCUT2D eigenvalue weighted by molar-refractivity contribution is -0.137. The zero-order valence-corrected chi connectivity index (χ0v) is 17.2. The summed E-state index contributed by atoms with van der Waals surface area (Å²) in [7, 11) is 0. The van der Waals surface area contributed by atoms with Crippen LogP contribution in [-0.4, -0.2) is 40.5 Å². The second-order valence-electron chi connectivity index (χ2n) is 8.33. The number of carbonyl (C=O) groups is 3. The highest BCUT2D eigenvalue weighted by Gasteiger charge is 2.22. The van der Waals surface area contributed by atoms with Crippen molar-refractivity contribution < 1.29 is 19.5 Å². The Morgan fingerprint density at radius 1 is 1.17 bits per heavy atom. The van der Waals surface area contributed by atoms with Crippen LogP contribution in [0.4, 0.5) is 0 Å². The van der Waals surface area contributed by atoms with Crippen LogP contribution >= 0.6 is 0 Å². The highest BCUT2D eigenvalue weighted by atomic mass is 16.4. The summed E-state index contributed by atoms with van der Waals surface area (Å²) in [4.78, 5) is 40.4. The Morgan fingerprint density at radius 2 is 1.90 bits per heavy atom. The normalized spacial score (nSPS) is 12.4. The van der Waals surface area contributed by atoms with Crippen molar-refractivity contribution in [3.63, 3.8) is 0 Å². The molecule has 3 N–H and O–H groups in total. The third-order valence-corrected chi connectivity index (χ3v) is 4.52. The Labute approximate surface area is 170 Å². The van der Waals surface area contributed by atoms with Crippen LogP contribution in [0.25, 0.3) is 10.9 Å². The molecule has 2 rings (SSSR count). The lowest BCUT2D eigenvalue weighted by atomic mass is 9.91. The third-order valence-electron chi connectivity index (χ3n) is 4.52. The maximum atomic E-state index is 12.6. The number of fused-ring (bicyclic) bond motifs is 1. The summed E-state index contributed by atoms with van der Waals surface area (Å²) in [6, 6.07) is 8.20. The largest absolute Gasteiger partial charge is 0.481 e. The van der Waals surface area contributed by atoms with E-state index in [4.69, 9.17) is 5.11 Å². The zero-order valence-electron chi connectivity index (χ0n) is 17.2. The van der Waals surface area contributed by atoms with Gasteiger partial charge in [0.15, 0.2) is 0 Å². The number of hydrogen-bond donors (Lipinski definition) is 3. The maximum Gasteiger partial charge on any atom is 0.303 e. The molecule has 1 aromatic heterocycles. The number of hydrogen-bond acceptors (Lipinski definition) is 4. The fourth-order valence-corrected chi connectivity index (χ4v) is 2.93. The van der Waals surface area contributed by atoms with Gasteiger partial charge in [0, 0.05) is 24.5 Å². The van der Waals surface area contributed by atoms with Gasteiger partial charge in [0.05, 0.1) is 11.1 Å². The third kappa shape index (κ3) is 7.52. The van der Waals surface area contributed by atoms with Gasteiger partial charge in [0.2, 0.25) is 5.91 Å². The molecule has 7 heteroatoms. The summed E-state index contributed by atoms with van der Waals surface area (Å²) in [5.41, 5.74) is 1.26. The van der Waals surface area contributed by atoms with E-state index < -0.39 is 17.9 Å². The molecule has 156 valence electrons. The SMILES string of the molecule is CC(C)(C)CCCNC(=O)C(CCC(=O)O)NC(=O)c1cnc2ccccc2c1. The fourth-order valence-electron chi connectivity index (χ4n) is 2.93. The van der Waals surface area contributed by atoms with Gasteiger partial charge in [-0.05, 0) is 36.8 Å². The van der Waals surface area contributed by atoms with Gasteiger partial charge in [-0.25, -0.2) is 0 Å². The molecular formula is C22H29N3O4. The van der Waals surface area contributed by atoms with Crippen molar-refractivity contribution in [2.45, 2.75) is 52.5 Å². The topological polar surface area (TPSA) is 108 Å². The molecule has 0 radical (unpaired) electrons. The van der Waals surface area contributed by atoms with Gasteiger partial charge in [-0.3, -0.25) is 19.4 Å². The molecule has 0 bridgehead atoms. The Morgan fingerprint density at radius 3 is 2.59 bits per heavy atom. The fraction of sp³-hybridized carbons (Fsp3) is 0.455. The van der Waals surface area contributed by atoms with Crippen molar-refractivity contribution in [1.29, 1.82) is 0 Å². The molecule has 0 spiro atoms. The summed E-state index contributed by atoms with van der Waals surface area (Å²) in [5.74, 6) is -1.84. The van der Waals surface area contributed by atoms with E-state index in [1.807, 2.05) is 24.3 Å². The number of para-hydroxylation sites is 1. The van der Waals surface area contributed by atoms with Gasteiger partial charge >= 0.3 is 5.97 Å². The van der Waals surface area contributed by atoms with Crippen molar-refractivity contribution in [3.05, 3.63) is 42.1 Å². The molecule has 2 amide bonds. The second-order valence-corrected chi connectivity index (χ2v) is 8.33. The molecule has 0 saturated carbocycles. The van der Waals surface area contributed by atoms with E-state index in [2.05, 4.69) is 36.4 Å². The van der Waals surface area contributed by atoms with Crippen LogP contribution in [0, 0.1) is 5.41 Å². The van der Waals surface area contributed by atoms with E-state index >= 15 is 0 Å². The van der Waals surface area contributed by atoms with E-state index in [0.717, 1.165) is 23.7 Å². The van der Waals surface area contributed by atoms with Gasteiger partial charge < -0.3 is 15.7 Å². The monoisotopic (exact) mass is 399 g/mol. The Hall–Kier alpha value is -2.96. The molecule has 0 aliphatic heterocycles. The first-order valence-corrected chi connectivity index (χ1v) is 9.81. The molecule has 1 heterocycles. The van der Waals surface area contributed by atoms with Crippen LogP contribution in [0.15, 0.2) is 36.5 Å². The Kier molecular flexibility index (Phi) is 7.70. The molecule has 1 unspecified atom stereocenters. The molecule has 1 aromatic carbocycles. The first-order valence-electron chi connectivity index (χ1n) is 9.81. The number of carboxylic acid groups (broad SMARTS) is 1. The van der Waals surface area contributed by atoms with Gasteiger partial charge in [0.1, 0.15) is 6.04 Å². The van der Waals surface area contributed by atoms with Crippen LogP contribution < -0.4 is 10.6 Å².